The molecular weight excluding hydrogens is 379 g/mol. The average molecular weight is 393 g/mol. The molecule has 2 aromatic carbocycles. The van der Waals surface area contributed by atoms with Gasteiger partial charge in [0.1, 0.15) is 19.0 Å². The van der Waals surface area contributed by atoms with Crippen LogP contribution < -0.4 is 10.3 Å². The van der Waals surface area contributed by atoms with Crippen molar-refractivity contribution in [1.29, 1.82) is 0 Å². The highest BCUT2D eigenvalue weighted by Crippen LogP contribution is 2.27. The topological polar surface area (TPSA) is 81.3 Å². The average Bonchev–Trinajstić information content (AvgIpc) is 2.63. The lowest BCUT2D eigenvalue weighted by Gasteiger charge is -2.09. The third-order valence-electron chi connectivity index (χ3n) is 3.58. The van der Waals surface area contributed by atoms with Gasteiger partial charge in [-0.3, -0.25) is 9.59 Å². The zero-order chi connectivity index (χ0) is 18.5. The van der Waals surface area contributed by atoms with Gasteiger partial charge in [-0.25, -0.2) is 5.10 Å². The van der Waals surface area contributed by atoms with Crippen molar-refractivity contribution in [3.63, 3.8) is 0 Å². The molecule has 0 saturated carbocycles. The van der Waals surface area contributed by atoms with E-state index in [1.165, 1.54) is 0 Å². The zero-order valence-corrected chi connectivity index (χ0v) is 15.0. The molecule has 8 heteroatoms. The summed E-state index contributed by atoms with van der Waals surface area (Å²) in [6.07, 6.45) is -0.0566. The van der Waals surface area contributed by atoms with Gasteiger partial charge in [0.15, 0.2) is 0 Å². The smallest absolute Gasteiger partial charge is 0.312 e. The number of nitrogens with one attached hydrogen (secondary N) is 1. The van der Waals surface area contributed by atoms with Crippen LogP contribution in [0.2, 0.25) is 10.0 Å². The van der Waals surface area contributed by atoms with Crippen LogP contribution in [0.4, 0.5) is 0 Å². The van der Waals surface area contributed by atoms with E-state index >= 15 is 0 Å². The fourth-order valence-electron chi connectivity index (χ4n) is 2.39. The summed E-state index contributed by atoms with van der Waals surface area (Å²) in [6.45, 7) is 0.200. The van der Waals surface area contributed by atoms with E-state index in [9.17, 15) is 9.59 Å². The van der Waals surface area contributed by atoms with Crippen LogP contribution in [0.3, 0.4) is 0 Å². The Bertz CT molecular complexity index is 1000. The standard InChI is InChI=1S/C18H14Cl2N2O4/c19-11-5-6-16(14(20)9-11)25-7-8-26-17(23)10-15-12-3-1-2-4-13(12)18(24)22-21-15/h1-6,9H,7-8,10H2,(H,22,24). The molecule has 6 nitrogen and oxygen atoms in total. The largest absolute Gasteiger partial charge is 0.488 e. The second-order valence-corrected chi connectivity index (χ2v) is 6.21. The Morgan fingerprint density at radius 1 is 1.08 bits per heavy atom. The normalized spacial score (nSPS) is 10.7. The minimum Gasteiger partial charge on any atom is -0.488 e. The van der Waals surface area contributed by atoms with Gasteiger partial charge in [-0.1, -0.05) is 41.4 Å². The van der Waals surface area contributed by atoms with Gasteiger partial charge in [0.25, 0.3) is 5.56 Å². The molecule has 0 aliphatic heterocycles. The summed E-state index contributed by atoms with van der Waals surface area (Å²) in [5, 5.41) is 8.32. The van der Waals surface area contributed by atoms with Crippen molar-refractivity contribution >= 4 is 39.9 Å². The van der Waals surface area contributed by atoms with Crippen molar-refractivity contribution in [2.45, 2.75) is 6.42 Å². The summed E-state index contributed by atoms with van der Waals surface area (Å²) in [4.78, 5) is 23.8. The van der Waals surface area contributed by atoms with E-state index in [0.29, 0.717) is 32.3 Å². The number of hydrogen-bond acceptors (Lipinski definition) is 5. The quantitative estimate of drug-likeness (QED) is 0.513. The number of hydrogen-bond donors (Lipinski definition) is 1. The number of halogens is 2. The van der Waals surface area contributed by atoms with Crippen LogP contribution in [0, 0.1) is 0 Å². The second kappa shape index (κ2) is 8.21. The predicted molar refractivity (Wildman–Crippen MR) is 99.0 cm³/mol. The van der Waals surface area contributed by atoms with Crippen LogP contribution in [-0.2, 0) is 16.0 Å². The maximum Gasteiger partial charge on any atom is 0.312 e. The molecule has 1 aromatic heterocycles. The molecule has 3 aromatic rings. The van der Waals surface area contributed by atoms with E-state index in [-0.39, 0.29) is 25.2 Å². The van der Waals surface area contributed by atoms with E-state index in [1.807, 2.05) is 0 Å². The van der Waals surface area contributed by atoms with Gasteiger partial charge in [0, 0.05) is 10.4 Å². The van der Waals surface area contributed by atoms with Crippen LogP contribution in [0.15, 0.2) is 47.3 Å². The highest BCUT2D eigenvalue weighted by Gasteiger charge is 2.12. The van der Waals surface area contributed by atoms with Crippen LogP contribution in [0.5, 0.6) is 5.75 Å². The molecule has 0 aliphatic carbocycles. The minimum atomic E-state index is -0.472. The maximum atomic E-state index is 12.0. The lowest BCUT2D eigenvalue weighted by atomic mass is 10.1. The number of fused-ring (bicyclic) bond motifs is 1. The van der Waals surface area contributed by atoms with Gasteiger partial charge < -0.3 is 9.47 Å². The van der Waals surface area contributed by atoms with Gasteiger partial charge >= 0.3 is 5.97 Å². The number of H-pyrrole nitrogens is 1. The van der Waals surface area contributed by atoms with Crippen molar-refractivity contribution in [3.8, 4) is 5.75 Å². The number of carbonyl (C=O) groups excluding carboxylic acids is 1. The number of carbonyl (C=O) groups is 1. The van der Waals surface area contributed by atoms with Gasteiger partial charge in [0.05, 0.1) is 22.5 Å². The molecule has 0 aliphatic rings. The Labute approximate surface area is 158 Å². The second-order valence-electron chi connectivity index (χ2n) is 5.37. The Morgan fingerprint density at radius 3 is 2.62 bits per heavy atom. The summed E-state index contributed by atoms with van der Waals surface area (Å²) in [6, 6.07) is 11.8. The number of aromatic amines is 1. The molecular formula is C18H14Cl2N2O4. The number of aromatic nitrogens is 2. The fraction of sp³-hybridized carbons (Fsp3) is 0.167. The third kappa shape index (κ3) is 4.33. The molecule has 1 heterocycles. The van der Waals surface area contributed by atoms with Crippen molar-refractivity contribution in [2.75, 3.05) is 13.2 Å². The molecule has 0 bridgehead atoms. The van der Waals surface area contributed by atoms with Crippen molar-refractivity contribution in [1.82, 2.24) is 10.2 Å². The summed E-state index contributed by atoms with van der Waals surface area (Å²) in [7, 11) is 0. The minimum absolute atomic E-state index is 0.0546. The first-order valence-electron chi connectivity index (χ1n) is 7.74. The van der Waals surface area contributed by atoms with Gasteiger partial charge in [-0.15, -0.1) is 0 Å². The molecule has 3 rings (SSSR count). The first-order chi connectivity index (χ1) is 12.5. The van der Waals surface area contributed by atoms with Crippen LogP contribution in [-0.4, -0.2) is 29.4 Å². The lowest BCUT2D eigenvalue weighted by Crippen LogP contribution is -2.17. The Morgan fingerprint density at radius 2 is 1.85 bits per heavy atom. The molecule has 0 amide bonds. The fourth-order valence-corrected chi connectivity index (χ4v) is 2.86. The molecule has 0 atom stereocenters. The first kappa shape index (κ1) is 18.2. The van der Waals surface area contributed by atoms with E-state index in [2.05, 4.69) is 10.2 Å². The van der Waals surface area contributed by atoms with Crippen molar-refractivity contribution < 1.29 is 14.3 Å². The van der Waals surface area contributed by atoms with E-state index in [0.717, 1.165) is 0 Å². The summed E-state index contributed by atoms with van der Waals surface area (Å²) >= 11 is 11.8. The summed E-state index contributed by atoms with van der Waals surface area (Å²) < 4.78 is 10.6. The van der Waals surface area contributed by atoms with Crippen LogP contribution in [0.25, 0.3) is 10.8 Å². The molecule has 134 valence electrons. The Balaban J connectivity index is 1.55. The van der Waals surface area contributed by atoms with Crippen LogP contribution in [0.1, 0.15) is 5.69 Å². The number of benzene rings is 2. The van der Waals surface area contributed by atoms with Gasteiger partial charge in [0.2, 0.25) is 0 Å². The Kier molecular flexibility index (Phi) is 5.75. The van der Waals surface area contributed by atoms with Crippen LogP contribution >= 0.6 is 23.2 Å². The molecule has 0 fully saturated rings. The first-order valence-corrected chi connectivity index (χ1v) is 8.50. The number of rotatable bonds is 6. The number of esters is 1. The monoisotopic (exact) mass is 392 g/mol. The Hall–Kier alpha value is -2.57. The lowest BCUT2D eigenvalue weighted by molar-refractivity contribution is -0.143. The summed E-state index contributed by atoms with van der Waals surface area (Å²) in [5.74, 6) is -0.0130. The zero-order valence-electron chi connectivity index (χ0n) is 13.5. The molecule has 0 radical (unpaired) electrons. The van der Waals surface area contributed by atoms with E-state index < -0.39 is 5.97 Å². The number of ether oxygens (including phenoxy) is 2. The van der Waals surface area contributed by atoms with Crippen molar-refractivity contribution in [2.24, 2.45) is 0 Å². The predicted octanol–water partition coefficient (Wildman–Crippen LogP) is 3.39. The van der Waals surface area contributed by atoms with Crippen molar-refractivity contribution in [3.05, 3.63) is 68.6 Å². The third-order valence-corrected chi connectivity index (χ3v) is 4.12. The number of nitrogens with zero attached hydrogens (tertiary/aromatic N) is 1. The molecule has 0 spiro atoms. The molecule has 0 saturated heterocycles. The van der Waals surface area contributed by atoms with E-state index in [4.69, 9.17) is 32.7 Å². The van der Waals surface area contributed by atoms with E-state index in [1.54, 1.807) is 42.5 Å². The molecule has 1 N–H and O–H groups in total. The highest BCUT2D eigenvalue weighted by molar-refractivity contribution is 6.35. The summed E-state index contributed by atoms with van der Waals surface area (Å²) in [5.41, 5.74) is 0.151. The molecule has 26 heavy (non-hydrogen) atoms. The van der Waals surface area contributed by atoms with Gasteiger partial charge in [-0.05, 0) is 24.3 Å². The van der Waals surface area contributed by atoms with Gasteiger partial charge in [-0.2, -0.15) is 5.10 Å². The SMILES string of the molecule is O=C(Cc1n[nH]c(=O)c2ccccc12)OCCOc1ccc(Cl)cc1Cl. The maximum absolute atomic E-state index is 12.0. The molecule has 0 unspecified atom stereocenters. The highest BCUT2D eigenvalue weighted by atomic mass is 35.5.